The number of amides is 2. The lowest BCUT2D eigenvalue weighted by atomic mass is 9.88. The summed E-state index contributed by atoms with van der Waals surface area (Å²) < 4.78 is 0. The normalized spacial score (nSPS) is 21.0. The number of carbonyl (C=O) groups is 2. The molecule has 1 saturated heterocycles. The summed E-state index contributed by atoms with van der Waals surface area (Å²) in [6.07, 6.45) is 13.1. The summed E-state index contributed by atoms with van der Waals surface area (Å²) in [6.45, 7) is 1.87. The van der Waals surface area contributed by atoms with Gasteiger partial charge in [0.2, 0.25) is 5.91 Å². The minimum absolute atomic E-state index is 0.0843. The van der Waals surface area contributed by atoms with Gasteiger partial charge in [0.1, 0.15) is 0 Å². The molecule has 0 spiro atoms. The SMILES string of the molecule is CN(C(=O)c1ccc2c(c1)C(N(C)C(=O)C1CCCCC1)CC2)C1CCN(c2ccncc2)CC1. The monoisotopic (exact) mass is 474 g/mol. The summed E-state index contributed by atoms with van der Waals surface area (Å²) in [5, 5.41) is 0. The third-order valence-corrected chi connectivity index (χ3v) is 8.57. The van der Waals surface area contributed by atoms with Gasteiger partial charge >= 0.3 is 0 Å². The summed E-state index contributed by atoms with van der Waals surface area (Å²) in [5.74, 6) is 0.547. The predicted octanol–water partition coefficient (Wildman–Crippen LogP) is 4.85. The summed E-state index contributed by atoms with van der Waals surface area (Å²) in [5.41, 5.74) is 4.39. The van der Waals surface area contributed by atoms with E-state index in [9.17, 15) is 9.59 Å². The Hall–Kier alpha value is -2.89. The first-order valence-corrected chi connectivity index (χ1v) is 13.3. The number of hydrogen-bond donors (Lipinski definition) is 0. The fourth-order valence-electron chi connectivity index (χ4n) is 6.34. The van der Waals surface area contributed by atoms with Gasteiger partial charge in [-0.1, -0.05) is 25.3 Å². The third kappa shape index (κ3) is 4.93. The number of rotatable bonds is 5. The smallest absolute Gasteiger partial charge is 0.253 e. The molecule has 0 bridgehead atoms. The number of anilines is 1. The molecule has 5 rings (SSSR count). The molecule has 2 fully saturated rings. The quantitative estimate of drug-likeness (QED) is 0.622. The van der Waals surface area contributed by atoms with Crippen LogP contribution in [0.1, 0.15) is 78.9 Å². The van der Waals surface area contributed by atoms with Crippen LogP contribution in [0, 0.1) is 5.92 Å². The average Bonchev–Trinajstić information content (AvgIpc) is 3.36. The molecule has 6 heteroatoms. The maximum Gasteiger partial charge on any atom is 0.253 e. The van der Waals surface area contributed by atoms with Gasteiger partial charge in [0, 0.05) is 62.8 Å². The first-order chi connectivity index (χ1) is 17.0. The molecule has 0 radical (unpaired) electrons. The van der Waals surface area contributed by atoms with E-state index < -0.39 is 0 Å². The lowest BCUT2D eigenvalue weighted by Gasteiger charge is -2.38. The second-order valence-corrected chi connectivity index (χ2v) is 10.6. The number of piperidine rings is 1. The molecule has 0 N–H and O–H groups in total. The van der Waals surface area contributed by atoms with Gasteiger partial charge < -0.3 is 14.7 Å². The van der Waals surface area contributed by atoms with Crippen molar-refractivity contribution in [3.8, 4) is 0 Å². The second kappa shape index (κ2) is 10.4. The van der Waals surface area contributed by atoms with Gasteiger partial charge in [-0.3, -0.25) is 14.6 Å². The minimum atomic E-state index is 0.0843. The highest BCUT2D eigenvalue weighted by molar-refractivity contribution is 5.94. The van der Waals surface area contributed by atoms with Crippen LogP contribution in [0.15, 0.2) is 42.7 Å². The molecule has 35 heavy (non-hydrogen) atoms. The van der Waals surface area contributed by atoms with Gasteiger partial charge in [-0.15, -0.1) is 0 Å². The molecule has 2 heterocycles. The number of fused-ring (bicyclic) bond motifs is 1. The van der Waals surface area contributed by atoms with Gasteiger partial charge in [-0.25, -0.2) is 0 Å². The van der Waals surface area contributed by atoms with Crippen LogP contribution < -0.4 is 4.90 Å². The number of carbonyl (C=O) groups excluding carboxylic acids is 2. The molecule has 1 aromatic heterocycles. The van der Waals surface area contributed by atoms with Crippen LogP contribution in [0.4, 0.5) is 5.69 Å². The van der Waals surface area contributed by atoms with Crippen molar-refractivity contribution in [1.29, 1.82) is 0 Å². The first-order valence-electron chi connectivity index (χ1n) is 13.3. The Balaban J connectivity index is 1.25. The van der Waals surface area contributed by atoms with Crippen molar-refractivity contribution in [2.45, 2.75) is 69.9 Å². The summed E-state index contributed by atoms with van der Waals surface area (Å²) in [7, 11) is 3.91. The van der Waals surface area contributed by atoms with Crippen LogP contribution in [0.5, 0.6) is 0 Å². The van der Waals surface area contributed by atoms with E-state index in [2.05, 4.69) is 22.0 Å². The zero-order chi connectivity index (χ0) is 24.4. The topological polar surface area (TPSA) is 56.8 Å². The van der Waals surface area contributed by atoms with E-state index >= 15 is 0 Å². The first kappa shape index (κ1) is 23.8. The molecule has 1 saturated carbocycles. The van der Waals surface area contributed by atoms with Gasteiger partial charge in [-0.05, 0) is 73.9 Å². The number of hydrogen-bond acceptors (Lipinski definition) is 4. The van der Waals surface area contributed by atoms with E-state index in [1.54, 1.807) is 0 Å². The van der Waals surface area contributed by atoms with Crippen LogP contribution in [0.3, 0.4) is 0 Å². The van der Waals surface area contributed by atoms with Crippen LogP contribution >= 0.6 is 0 Å². The standard InChI is InChI=1S/C29H38N4O2/c1-31(24-14-18-33(19-15-24)25-12-16-30-17-13-25)29(35)23-9-8-21-10-11-27(26(21)20-23)32(2)28(34)22-6-4-3-5-7-22/h8-9,12-13,16-17,20,22,24,27H,3-7,10-11,14-15,18-19H2,1-2H3. The maximum absolute atomic E-state index is 13.5. The number of aryl methyl sites for hydroxylation is 1. The number of benzene rings is 1. The Kier molecular flexibility index (Phi) is 7.07. The molecule has 3 aliphatic rings. The Morgan fingerprint density at radius 1 is 0.886 bits per heavy atom. The van der Waals surface area contributed by atoms with Crippen molar-refractivity contribution < 1.29 is 9.59 Å². The van der Waals surface area contributed by atoms with E-state index in [-0.39, 0.29) is 29.8 Å². The molecule has 2 amide bonds. The van der Waals surface area contributed by atoms with Crippen LogP contribution in [-0.2, 0) is 11.2 Å². The zero-order valence-electron chi connectivity index (χ0n) is 21.2. The fourth-order valence-corrected chi connectivity index (χ4v) is 6.34. The van der Waals surface area contributed by atoms with E-state index in [0.29, 0.717) is 0 Å². The molecule has 1 aliphatic heterocycles. The van der Waals surface area contributed by atoms with E-state index in [4.69, 9.17) is 0 Å². The highest BCUT2D eigenvalue weighted by atomic mass is 16.2. The summed E-state index contributed by atoms with van der Waals surface area (Å²) in [4.78, 5) is 37.1. The molecule has 186 valence electrons. The number of aromatic nitrogens is 1. The van der Waals surface area contributed by atoms with Crippen LogP contribution in [-0.4, -0.2) is 59.8 Å². The molecule has 1 atom stereocenters. The molecular formula is C29H38N4O2. The second-order valence-electron chi connectivity index (χ2n) is 10.6. The Bertz CT molecular complexity index is 1040. The van der Waals surface area contributed by atoms with Gasteiger partial charge in [0.25, 0.3) is 5.91 Å². The molecule has 1 aromatic carbocycles. The molecule has 1 unspecified atom stereocenters. The zero-order valence-corrected chi connectivity index (χ0v) is 21.2. The van der Waals surface area contributed by atoms with E-state index in [1.807, 2.05) is 54.5 Å². The fraction of sp³-hybridized carbons (Fsp3) is 0.552. The van der Waals surface area contributed by atoms with Crippen molar-refractivity contribution in [2.24, 2.45) is 5.92 Å². The van der Waals surface area contributed by atoms with Crippen LogP contribution in [0.25, 0.3) is 0 Å². The minimum Gasteiger partial charge on any atom is -0.371 e. The van der Waals surface area contributed by atoms with Crippen LogP contribution in [0.2, 0.25) is 0 Å². The lowest BCUT2D eigenvalue weighted by Crippen LogP contribution is -2.45. The Morgan fingerprint density at radius 2 is 1.60 bits per heavy atom. The third-order valence-electron chi connectivity index (χ3n) is 8.57. The van der Waals surface area contributed by atoms with Gasteiger partial charge in [0.05, 0.1) is 6.04 Å². The average molecular weight is 475 g/mol. The van der Waals surface area contributed by atoms with Crippen molar-refractivity contribution in [3.63, 3.8) is 0 Å². The van der Waals surface area contributed by atoms with E-state index in [1.165, 1.54) is 23.2 Å². The summed E-state index contributed by atoms with van der Waals surface area (Å²) in [6, 6.07) is 10.6. The highest BCUT2D eigenvalue weighted by Crippen LogP contribution is 2.38. The molecule has 2 aromatic rings. The van der Waals surface area contributed by atoms with E-state index in [0.717, 1.165) is 70.0 Å². The number of nitrogens with zero attached hydrogens (tertiary/aromatic N) is 4. The Morgan fingerprint density at radius 3 is 2.31 bits per heavy atom. The predicted molar refractivity (Wildman–Crippen MR) is 138 cm³/mol. The molecule has 6 nitrogen and oxygen atoms in total. The maximum atomic E-state index is 13.5. The van der Waals surface area contributed by atoms with Crippen molar-refractivity contribution in [3.05, 3.63) is 59.4 Å². The summed E-state index contributed by atoms with van der Waals surface area (Å²) >= 11 is 0. The Labute approximate surface area is 209 Å². The highest BCUT2D eigenvalue weighted by Gasteiger charge is 2.34. The largest absolute Gasteiger partial charge is 0.371 e. The van der Waals surface area contributed by atoms with Crippen molar-refractivity contribution in [1.82, 2.24) is 14.8 Å². The molecule has 2 aliphatic carbocycles. The van der Waals surface area contributed by atoms with Gasteiger partial charge in [-0.2, -0.15) is 0 Å². The lowest BCUT2D eigenvalue weighted by molar-refractivity contribution is -0.137. The molecular weight excluding hydrogens is 436 g/mol. The number of pyridine rings is 1. The van der Waals surface area contributed by atoms with Crippen molar-refractivity contribution >= 4 is 17.5 Å². The van der Waals surface area contributed by atoms with Gasteiger partial charge in [0.15, 0.2) is 0 Å². The van der Waals surface area contributed by atoms with Crippen molar-refractivity contribution in [2.75, 3.05) is 32.1 Å².